The maximum Gasteiger partial charge on any atom is 0.334 e. The third-order valence-corrected chi connectivity index (χ3v) is 5.60. The minimum Gasteiger partial charge on any atom is -0.467 e. The molecule has 0 aromatic heterocycles. The highest BCUT2D eigenvalue weighted by Gasteiger charge is 2.48. The van der Waals surface area contributed by atoms with E-state index in [1.54, 1.807) is 30.3 Å². The number of halogens is 1. The van der Waals surface area contributed by atoms with Gasteiger partial charge >= 0.3 is 5.97 Å². The van der Waals surface area contributed by atoms with Crippen molar-refractivity contribution in [2.24, 2.45) is 0 Å². The zero-order chi connectivity index (χ0) is 23.6. The van der Waals surface area contributed by atoms with Gasteiger partial charge in [-0.25, -0.2) is 9.18 Å². The third kappa shape index (κ3) is 4.04. The second-order valence-corrected chi connectivity index (χ2v) is 7.53. The van der Waals surface area contributed by atoms with Crippen molar-refractivity contribution in [1.82, 2.24) is 5.32 Å². The van der Waals surface area contributed by atoms with Crippen LogP contribution in [0.3, 0.4) is 0 Å². The molecule has 1 aliphatic rings. The summed E-state index contributed by atoms with van der Waals surface area (Å²) in [6.07, 6.45) is 1.49. The Labute approximate surface area is 188 Å². The van der Waals surface area contributed by atoms with E-state index in [1.807, 2.05) is 0 Å². The Balaban J connectivity index is 1.87. The molecule has 166 valence electrons. The number of nitro benzene ring substituents is 1. The van der Waals surface area contributed by atoms with E-state index in [9.17, 15) is 24.1 Å². The summed E-state index contributed by atoms with van der Waals surface area (Å²) in [7, 11) is 1.22. The van der Waals surface area contributed by atoms with Crippen LogP contribution in [0.4, 0.5) is 10.1 Å². The second kappa shape index (κ2) is 8.76. The molecule has 1 heterocycles. The zero-order valence-corrected chi connectivity index (χ0v) is 17.5. The quantitative estimate of drug-likeness (QED) is 0.263. The first-order chi connectivity index (χ1) is 15.9. The first-order valence-electron chi connectivity index (χ1n) is 10.0. The number of esters is 1. The van der Waals surface area contributed by atoms with Gasteiger partial charge in [-0.1, -0.05) is 54.6 Å². The lowest BCUT2D eigenvalue weighted by atomic mass is 9.89. The fourth-order valence-corrected chi connectivity index (χ4v) is 3.94. The van der Waals surface area contributed by atoms with Crippen molar-refractivity contribution in [3.05, 3.63) is 123 Å². The van der Waals surface area contributed by atoms with Crippen LogP contribution in [0.1, 0.15) is 27.5 Å². The van der Waals surface area contributed by atoms with Crippen LogP contribution < -0.4 is 5.32 Å². The van der Waals surface area contributed by atoms with E-state index in [0.717, 1.165) is 0 Å². The molecule has 3 aromatic rings. The normalized spacial score (nSPS) is 19.6. The molecule has 0 bridgehead atoms. The van der Waals surface area contributed by atoms with Crippen LogP contribution in [-0.4, -0.2) is 23.8 Å². The summed E-state index contributed by atoms with van der Waals surface area (Å²) in [5.74, 6) is -1.48. The highest BCUT2D eigenvalue weighted by atomic mass is 19.1. The second-order valence-electron chi connectivity index (χ2n) is 7.53. The molecule has 1 aliphatic heterocycles. The predicted octanol–water partition coefficient (Wildman–Crippen LogP) is 4.26. The molecule has 0 unspecified atom stereocenters. The third-order valence-electron chi connectivity index (χ3n) is 5.60. The summed E-state index contributed by atoms with van der Waals surface area (Å²) < 4.78 is 18.6. The molecule has 0 amide bonds. The Morgan fingerprint density at radius 3 is 2.21 bits per heavy atom. The zero-order valence-electron chi connectivity index (χ0n) is 17.5. The van der Waals surface area contributed by atoms with Crippen LogP contribution in [0, 0.1) is 15.9 Å². The molecule has 2 atom stereocenters. The Morgan fingerprint density at radius 1 is 1.00 bits per heavy atom. The smallest absolute Gasteiger partial charge is 0.334 e. The fraction of sp³-hybridized carbons (Fsp3) is 0.120. The first kappa shape index (κ1) is 22.0. The lowest BCUT2D eigenvalue weighted by Gasteiger charge is -2.28. The number of nitrogens with one attached hydrogen (secondary N) is 1. The number of ketones is 1. The summed E-state index contributed by atoms with van der Waals surface area (Å²) in [5.41, 5.74) is -0.0479. The number of hydrogen-bond acceptors (Lipinski definition) is 6. The summed E-state index contributed by atoms with van der Waals surface area (Å²) in [6.45, 7) is 0. The van der Waals surface area contributed by atoms with Gasteiger partial charge in [0.05, 0.1) is 18.1 Å². The minimum atomic E-state index is -1.56. The maximum absolute atomic E-state index is 13.6. The average molecular weight is 446 g/mol. The number of methoxy groups -OCH3 is 1. The van der Waals surface area contributed by atoms with Crippen LogP contribution in [0.25, 0.3) is 0 Å². The number of carbonyl (C=O) groups excluding carboxylic acids is 2. The van der Waals surface area contributed by atoms with Crippen LogP contribution in [0.2, 0.25) is 0 Å². The molecule has 1 N–H and O–H groups in total. The van der Waals surface area contributed by atoms with Gasteiger partial charge in [-0.3, -0.25) is 20.2 Å². The van der Waals surface area contributed by atoms with Gasteiger partial charge in [0.25, 0.3) is 5.69 Å². The first-order valence-corrected chi connectivity index (χ1v) is 10.0. The van der Waals surface area contributed by atoms with Gasteiger partial charge in [-0.2, -0.15) is 0 Å². The van der Waals surface area contributed by atoms with E-state index in [1.165, 1.54) is 61.7 Å². The maximum atomic E-state index is 13.6. The van der Waals surface area contributed by atoms with E-state index in [0.29, 0.717) is 16.7 Å². The molecule has 33 heavy (non-hydrogen) atoms. The molecule has 0 aliphatic carbocycles. The topological polar surface area (TPSA) is 98.5 Å². The van der Waals surface area contributed by atoms with Crippen molar-refractivity contribution in [3.8, 4) is 0 Å². The lowest BCUT2D eigenvalue weighted by Crippen LogP contribution is -2.46. The van der Waals surface area contributed by atoms with Crippen LogP contribution in [-0.2, 0) is 15.1 Å². The molecule has 7 nitrogen and oxygen atoms in total. The number of carbonyl (C=O) groups is 2. The predicted molar refractivity (Wildman–Crippen MR) is 118 cm³/mol. The van der Waals surface area contributed by atoms with Crippen molar-refractivity contribution >= 4 is 17.4 Å². The van der Waals surface area contributed by atoms with Crippen molar-refractivity contribution in [2.75, 3.05) is 7.11 Å². The molecule has 0 radical (unpaired) electrons. The number of rotatable bonds is 6. The van der Waals surface area contributed by atoms with Crippen molar-refractivity contribution in [3.63, 3.8) is 0 Å². The van der Waals surface area contributed by atoms with Gasteiger partial charge in [0.2, 0.25) is 0 Å². The van der Waals surface area contributed by atoms with Gasteiger partial charge < -0.3 is 4.74 Å². The summed E-state index contributed by atoms with van der Waals surface area (Å²) in [5, 5.41) is 14.2. The molecule has 8 heteroatoms. The number of non-ortho nitro benzene ring substituents is 1. The van der Waals surface area contributed by atoms with E-state index in [-0.39, 0.29) is 17.0 Å². The Morgan fingerprint density at radius 2 is 1.64 bits per heavy atom. The van der Waals surface area contributed by atoms with Crippen LogP contribution in [0.15, 0.2) is 90.5 Å². The number of nitrogens with zero attached hydrogens (tertiary/aromatic N) is 1. The molecule has 0 saturated heterocycles. The molecular formula is C25H19FN2O5. The van der Waals surface area contributed by atoms with E-state index in [4.69, 9.17) is 4.74 Å². The molecule has 4 rings (SSSR count). The summed E-state index contributed by atoms with van der Waals surface area (Å²) >= 11 is 0. The van der Waals surface area contributed by atoms with Gasteiger partial charge in [0, 0.05) is 23.3 Å². The summed E-state index contributed by atoms with van der Waals surface area (Å²) in [4.78, 5) is 37.0. The highest BCUT2D eigenvalue weighted by molar-refractivity contribution is 6.11. The van der Waals surface area contributed by atoms with Gasteiger partial charge in [0.15, 0.2) is 11.3 Å². The average Bonchev–Trinajstić information content (AvgIpc) is 3.26. The number of ether oxygens (including phenoxy) is 1. The number of nitro groups is 1. The van der Waals surface area contributed by atoms with Crippen molar-refractivity contribution in [1.29, 1.82) is 0 Å². The van der Waals surface area contributed by atoms with E-state index >= 15 is 0 Å². The molecular weight excluding hydrogens is 427 g/mol. The van der Waals surface area contributed by atoms with Gasteiger partial charge in [-0.15, -0.1) is 0 Å². The highest BCUT2D eigenvalue weighted by Crippen LogP contribution is 2.41. The van der Waals surface area contributed by atoms with Gasteiger partial charge in [0.1, 0.15) is 5.82 Å². The SMILES string of the molecule is COC(=O)[C@]1(c2ccc(F)cc2)C=C(C(=O)c2ccccc2)[C@H](c2ccc([N+](=O)[O-])cc2)N1. The van der Waals surface area contributed by atoms with Crippen molar-refractivity contribution in [2.45, 2.75) is 11.6 Å². The Hall–Kier alpha value is -4.17. The van der Waals surface area contributed by atoms with Crippen LogP contribution >= 0.6 is 0 Å². The van der Waals surface area contributed by atoms with Gasteiger partial charge in [-0.05, 0) is 29.3 Å². The Kier molecular flexibility index (Phi) is 5.85. The molecule has 0 spiro atoms. The van der Waals surface area contributed by atoms with E-state index < -0.39 is 28.3 Å². The fourth-order valence-electron chi connectivity index (χ4n) is 3.94. The molecule has 0 fully saturated rings. The molecule has 3 aromatic carbocycles. The number of hydrogen-bond donors (Lipinski definition) is 1. The van der Waals surface area contributed by atoms with Crippen molar-refractivity contribution < 1.29 is 23.6 Å². The largest absolute Gasteiger partial charge is 0.467 e. The monoisotopic (exact) mass is 446 g/mol. The molecule has 0 saturated carbocycles. The number of Topliss-reactive ketones (excluding diaryl/α,β-unsaturated/α-hetero) is 1. The minimum absolute atomic E-state index is 0.102. The summed E-state index contributed by atoms with van der Waals surface area (Å²) in [6, 6.07) is 18.8. The Bertz CT molecular complexity index is 1240. The lowest BCUT2D eigenvalue weighted by molar-refractivity contribution is -0.384. The van der Waals surface area contributed by atoms with E-state index in [2.05, 4.69) is 5.32 Å². The number of benzene rings is 3. The van der Waals surface area contributed by atoms with Crippen LogP contribution in [0.5, 0.6) is 0 Å². The standard InChI is InChI=1S/C25H19FN2O5/c1-33-24(30)25(18-9-11-19(26)12-10-18)15-21(23(29)17-5-3-2-4-6-17)22(27-25)16-7-13-20(14-8-16)28(31)32/h2-15,22,27H,1H3/t22-,25+/m0/s1.